The molecule has 0 N–H and O–H groups in total. The Labute approximate surface area is 91.2 Å². The summed E-state index contributed by atoms with van der Waals surface area (Å²) in [5.74, 6) is 3.16. The molecule has 0 aromatic heterocycles. The van der Waals surface area contributed by atoms with Gasteiger partial charge < -0.3 is 4.74 Å². The van der Waals surface area contributed by atoms with Gasteiger partial charge in [0.05, 0.1) is 11.6 Å². The highest BCUT2D eigenvalue weighted by Gasteiger charge is 2.00. The maximum Gasteiger partial charge on any atom is 0.138 e. The van der Waals surface area contributed by atoms with Crippen LogP contribution in [-0.2, 0) is 0 Å². The standard InChI is InChI=1S/C10H8BrClO/c1-2-3-6-13-10-5-4-8(11)7-9(10)12/h1,4-5,7H,3,6H2. The molecule has 0 heterocycles. The number of rotatable bonds is 3. The van der Waals surface area contributed by atoms with Gasteiger partial charge in [0.2, 0.25) is 0 Å². The van der Waals surface area contributed by atoms with Gasteiger partial charge in [-0.3, -0.25) is 0 Å². The third-order valence-electron chi connectivity index (χ3n) is 1.40. The monoisotopic (exact) mass is 258 g/mol. The van der Waals surface area contributed by atoms with Crippen molar-refractivity contribution in [2.45, 2.75) is 6.42 Å². The number of terminal acetylenes is 1. The summed E-state index contributed by atoms with van der Waals surface area (Å²) in [6, 6.07) is 5.47. The maximum atomic E-state index is 5.90. The van der Waals surface area contributed by atoms with E-state index in [1.54, 1.807) is 6.07 Å². The zero-order chi connectivity index (χ0) is 9.68. The van der Waals surface area contributed by atoms with E-state index < -0.39 is 0 Å². The first-order valence-electron chi connectivity index (χ1n) is 3.75. The van der Waals surface area contributed by atoms with Crippen molar-refractivity contribution in [2.24, 2.45) is 0 Å². The molecule has 1 aromatic rings. The zero-order valence-electron chi connectivity index (χ0n) is 6.89. The number of hydrogen-bond donors (Lipinski definition) is 0. The number of halogens is 2. The van der Waals surface area contributed by atoms with E-state index in [4.69, 9.17) is 22.8 Å². The fourth-order valence-electron chi connectivity index (χ4n) is 0.812. The van der Waals surface area contributed by atoms with Gasteiger partial charge in [-0.2, -0.15) is 0 Å². The molecular weight excluding hydrogens is 251 g/mol. The van der Waals surface area contributed by atoms with Crippen LogP contribution >= 0.6 is 27.5 Å². The smallest absolute Gasteiger partial charge is 0.138 e. The second kappa shape index (κ2) is 5.16. The molecule has 1 aromatic carbocycles. The molecule has 1 rings (SSSR count). The van der Waals surface area contributed by atoms with Crippen LogP contribution in [0.15, 0.2) is 22.7 Å². The first-order chi connectivity index (χ1) is 6.24. The van der Waals surface area contributed by atoms with Gasteiger partial charge in [-0.1, -0.05) is 27.5 Å². The molecule has 0 spiro atoms. The van der Waals surface area contributed by atoms with Crippen molar-refractivity contribution in [3.8, 4) is 18.1 Å². The van der Waals surface area contributed by atoms with E-state index in [-0.39, 0.29) is 0 Å². The third kappa shape index (κ3) is 3.30. The summed E-state index contributed by atoms with van der Waals surface area (Å²) in [5.41, 5.74) is 0. The Morgan fingerprint density at radius 2 is 2.31 bits per heavy atom. The Hall–Kier alpha value is -0.650. The van der Waals surface area contributed by atoms with Crippen LogP contribution < -0.4 is 4.74 Å². The van der Waals surface area contributed by atoms with Crippen molar-refractivity contribution in [2.75, 3.05) is 6.61 Å². The average Bonchev–Trinajstić information content (AvgIpc) is 2.09. The SMILES string of the molecule is C#CCCOc1ccc(Br)cc1Cl. The summed E-state index contributed by atoms with van der Waals surface area (Å²) in [4.78, 5) is 0. The number of hydrogen-bond acceptors (Lipinski definition) is 1. The molecule has 0 atom stereocenters. The molecule has 1 nitrogen and oxygen atoms in total. The predicted octanol–water partition coefficient (Wildman–Crippen LogP) is 3.50. The molecule has 0 amide bonds. The van der Waals surface area contributed by atoms with Crippen molar-refractivity contribution in [3.05, 3.63) is 27.7 Å². The van der Waals surface area contributed by atoms with Crippen molar-refractivity contribution >= 4 is 27.5 Å². The van der Waals surface area contributed by atoms with E-state index in [0.717, 1.165) is 4.47 Å². The molecule has 0 saturated heterocycles. The normalized spacial score (nSPS) is 9.31. The minimum atomic E-state index is 0.498. The molecule has 0 aliphatic carbocycles. The van der Waals surface area contributed by atoms with Crippen LogP contribution in [-0.4, -0.2) is 6.61 Å². The van der Waals surface area contributed by atoms with Gasteiger partial charge in [-0.05, 0) is 18.2 Å². The van der Waals surface area contributed by atoms with Gasteiger partial charge in [0.15, 0.2) is 0 Å². The minimum absolute atomic E-state index is 0.498. The number of benzene rings is 1. The van der Waals surface area contributed by atoms with Crippen LogP contribution in [0.5, 0.6) is 5.75 Å². The molecule has 13 heavy (non-hydrogen) atoms. The van der Waals surface area contributed by atoms with Crippen molar-refractivity contribution in [1.82, 2.24) is 0 Å². The lowest BCUT2D eigenvalue weighted by Gasteiger charge is -2.05. The highest BCUT2D eigenvalue weighted by Crippen LogP contribution is 2.27. The van der Waals surface area contributed by atoms with E-state index in [9.17, 15) is 0 Å². The lowest BCUT2D eigenvalue weighted by atomic mass is 10.3. The molecule has 0 saturated carbocycles. The number of ether oxygens (including phenoxy) is 1. The summed E-state index contributed by atoms with van der Waals surface area (Å²) < 4.78 is 6.27. The van der Waals surface area contributed by atoms with E-state index in [0.29, 0.717) is 23.8 Å². The largest absolute Gasteiger partial charge is 0.491 e. The van der Waals surface area contributed by atoms with Crippen molar-refractivity contribution in [1.29, 1.82) is 0 Å². The van der Waals surface area contributed by atoms with Gasteiger partial charge in [0.25, 0.3) is 0 Å². The van der Waals surface area contributed by atoms with Gasteiger partial charge in [0, 0.05) is 10.9 Å². The Bertz CT molecular complexity index is 330. The van der Waals surface area contributed by atoms with Gasteiger partial charge in [-0.15, -0.1) is 12.3 Å². The van der Waals surface area contributed by atoms with Crippen LogP contribution in [0.2, 0.25) is 5.02 Å². The molecule has 68 valence electrons. The Morgan fingerprint density at radius 1 is 1.54 bits per heavy atom. The zero-order valence-corrected chi connectivity index (χ0v) is 9.23. The lowest BCUT2D eigenvalue weighted by Crippen LogP contribution is -1.95. The fourth-order valence-corrected chi connectivity index (χ4v) is 1.54. The quantitative estimate of drug-likeness (QED) is 0.596. The second-order valence-corrected chi connectivity index (χ2v) is 3.70. The van der Waals surface area contributed by atoms with Gasteiger partial charge in [0.1, 0.15) is 5.75 Å². The first-order valence-corrected chi connectivity index (χ1v) is 4.92. The summed E-state index contributed by atoms with van der Waals surface area (Å²) in [6.45, 7) is 0.498. The van der Waals surface area contributed by atoms with Gasteiger partial charge >= 0.3 is 0 Å². The second-order valence-electron chi connectivity index (χ2n) is 2.38. The third-order valence-corrected chi connectivity index (χ3v) is 2.19. The van der Waals surface area contributed by atoms with Crippen LogP contribution in [0.1, 0.15) is 6.42 Å². The molecule has 3 heteroatoms. The van der Waals surface area contributed by atoms with Gasteiger partial charge in [-0.25, -0.2) is 0 Å². The fraction of sp³-hybridized carbons (Fsp3) is 0.200. The summed E-state index contributed by atoms with van der Waals surface area (Å²) in [5, 5.41) is 0.589. The van der Waals surface area contributed by atoms with E-state index in [2.05, 4.69) is 21.9 Å². The molecular formula is C10H8BrClO. The van der Waals surface area contributed by atoms with E-state index >= 15 is 0 Å². The Kier molecular flexibility index (Phi) is 4.14. The van der Waals surface area contributed by atoms with Crippen LogP contribution in [0.25, 0.3) is 0 Å². The Morgan fingerprint density at radius 3 is 2.92 bits per heavy atom. The van der Waals surface area contributed by atoms with Crippen molar-refractivity contribution in [3.63, 3.8) is 0 Å². The molecule has 0 aliphatic rings. The van der Waals surface area contributed by atoms with E-state index in [1.807, 2.05) is 12.1 Å². The highest BCUT2D eigenvalue weighted by molar-refractivity contribution is 9.10. The summed E-state index contributed by atoms with van der Waals surface area (Å²) >= 11 is 9.21. The van der Waals surface area contributed by atoms with Crippen LogP contribution in [0.3, 0.4) is 0 Å². The summed E-state index contributed by atoms with van der Waals surface area (Å²) in [7, 11) is 0. The average molecular weight is 260 g/mol. The van der Waals surface area contributed by atoms with E-state index in [1.165, 1.54) is 0 Å². The van der Waals surface area contributed by atoms with Crippen molar-refractivity contribution < 1.29 is 4.74 Å². The first kappa shape index (κ1) is 10.4. The molecule has 0 radical (unpaired) electrons. The molecule has 0 bridgehead atoms. The molecule has 0 fully saturated rings. The Balaban J connectivity index is 2.62. The summed E-state index contributed by atoms with van der Waals surface area (Å²) in [6.07, 6.45) is 5.67. The minimum Gasteiger partial charge on any atom is -0.491 e. The van der Waals surface area contributed by atoms with Crippen LogP contribution in [0, 0.1) is 12.3 Å². The molecule has 0 aliphatic heterocycles. The predicted molar refractivity (Wildman–Crippen MR) is 58.1 cm³/mol. The maximum absolute atomic E-state index is 5.90. The lowest BCUT2D eigenvalue weighted by molar-refractivity contribution is 0.327. The molecule has 0 unspecified atom stereocenters. The topological polar surface area (TPSA) is 9.23 Å². The highest BCUT2D eigenvalue weighted by atomic mass is 79.9. The van der Waals surface area contributed by atoms with Crippen LogP contribution in [0.4, 0.5) is 0 Å².